The molecule has 3 aromatic rings. The highest BCUT2D eigenvalue weighted by molar-refractivity contribution is 7.99. The van der Waals surface area contributed by atoms with Crippen molar-refractivity contribution in [2.75, 3.05) is 26.5 Å². The molecule has 30 heavy (non-hydrogen) atoms. The molecule has 0 saturated carbocycles. The highest BCUT2D eigenvalue weighted by Gasteiger charge is 2.23. The fourth-order valence-electron chi connectivity index (χ4n) is 3.61. The van der Waals surface area contributed by atoms with Gasteiger partial charge in [0.1, 0.15) is 0 Å². The molecule has 0 atom stereocenters. The average molecular weight is 428 g/mol. The highest BCUT2D eigenvalue weighted by atomic mass is 32.2. The van der Waals surface area contributed by atoms with Crippen molar-refractivity contribution in [3.63, 3.8) is 0 Å². The van der Waals surface area contributed by atoms with Crippen molar-refractivity contribution in [2.24, 2.45) is 0 Å². The van der Waals surface area contributed by atoms with Crippen LogP contribution >= 0.6 is 11.8 Å². The molecule has 1 aromatic carbocycles. The van der Waals surface area contributed by atoms with E-state index in [4.69, 9.17) is 9.47 Å². The number of rotatable bonds is 5. The summed E-state index contributed by atoms with van der Waals surface area (Å²) in [5, 5.41) is 5.08. The molecule has 2 aromatic heterocycles. The lowest BCUT2D eigenvalue weighted by Gasteiger charge is -2.29. The largest absolute Gasteiger partial charge is 0.493 e. The molecular formula is C21H25N5O3S. The molecule has 0 fully saturated rings. The number of hydrogen-bond donors (Lipinski definition) is 0. The number of amides is 1. The van der Waals surface area contributed by atoms with Gasteiger partial charge >= 0.3 is 0 Å². The van der Waals surface area contributed by atoms with Crippen LogP contribution in [0.4, 0.5) is 0 Å². The SMILES string of the molecule is COc1cc2c(cc1OC)CN(C(=O)CSc1nc3nc(C)c(C)c(C)n3n1)CC2. The van der Waals surface area contributed by atoms with E-state index in [1.165, 1.54) is 17.3 Å². The van der Waals surface area contributed by atoms with Gasteiger partial charge in [0.05, 0.1) is 20.0 Å². The molecule has 9 heteroatoms. The standard InChI is InChI=1S/C21H25N5O3S/c1-12-13(2)22-20-23-21(24-26(20)14(12)3)30-11-19(27)25-7-6-15-8-17(28-4)18(29-5)9-16(15)10-25/h8-9H,6-7,10-11H2,1-5H3. The van der Waals surface area contributed by atoms with E-state index in [1.807, 2.05) is 37.8 Å². The minimum Gasteiger partial charge on any atom is -0.493 e. The van der Waals surface area contributed by atoms with E-state index in [1.54, 1.807) is 18.7 Å². The van der Waals surface area contributed by atoms with Gasteiger partial charge in [-0.3, -0.25) is 4.79 Å². The molecule has 8 nitrogen and oxygen atoms in total. The van der Waals surface area contributed by atoms with Gasteiger partial charge in [-0.15, -0.1) is 5.10 Å². The Morgan fingerprint density at radius 1 is 1.10 bits per heavy atom. The molecule has 0 bridgehead atoms. The molecule has 158 valence electrons. The number of aryl methyl sites for hydroxylation is 2. The Kier molecular flexibility index (Phi) is 5.55. The summed E-state index contributed by atoms with van der Waals surface area (Å²) < 4.78 is 12.5. The smallest absolute Gasteiger partial charge is 0.253 e. The van der Waals surface area contributed by atoms with Gasteiger partial charge in [-0.1, -0.05) is 11.8 Å². The number of nitrogens with zero attached hydrogens (tertiary/aromatic N) is 5. The molecule has 1 aliphatic rings. The molecule has 0 unspecified atom stereocenters. The van der Waals surface area contributed by atoms with E-state index >= 15 is 0 Å². The fraction of sp³-hybridized carbons (Fsp3) is 0.429. The van der Waals surface area contributed by atoms with Crippen LogP contribution < -0.4 is 9.47 Å². The molecular weight excluding hydrogens is 402 g/mol. The summed E-state index contributed by atoms with van der Waals surface area (Å²) in [6, 6.07) is 3.97. The van der Waals surface area contributed by atoms with E-state index in [9.17, 15) is 4.79 Å². The number of aromatic nitrogens is 4. The van der Waals surface area contributed by atoms with Crippen molar-refractivity contribution < 1.29 is 14.3 Å². The van der Waals surface area contributed by atoms with Crippen molar-refractivity contribution in [3.05, 3.63) is 40.2 Å². The van der Waals surface area contributed by atoms with Gasteiger partial charge in [0.2, 0.25) is 11.1 Å². The summed E-state index contributed by atoms with van der Waals surface area (Å²) in [6.07, 6.45) is 0.792. The molecule has 4 rings (SSSR count). The number of carbonyl (C=O) groups is 1. The van der Waals surface area contributed by atoms with Crippen LogP contribution in [0.1, 0.15) is 28.1 Å². The van der Waals surface area contributed by atoms with Crippen molar-refractivity contribution in [3.8, 4) is 11.5 Å². The summed E-state index contributed by atoms with van der Waals surface area (Å²) in [7, 11) is 3.25. The first kappa shape index (κ1) is 20.5. The molecule has 0 saturated heterocycles. The van der Waals surface area contributed by atoms with Crippen LogP contribution in [0.3, 0.4) is 0 Å². The van der Waals surface area contributed by atoms with E-state index in [0.29, 0.717) is 29.8 Å². The van der Waals surface area contributed by atoms with Gasteiger partial charge in [0.25, 0.3) is 5.78 Å². The number of thioether (sulfide) groups is 1. The zero-order valence-corrected chi connectivity index (χ0v) is 18.7. The lowest BCUT2D eigenvalue weighted by molar-refractivity contribution is -0.129. The number of fused-ring (bicyclic) bond motifs is 2. The lowest BCUT2D eigenvalue weighted by atomic mass is 9.99. The molecule has 3 heterocycles. The minimum absolute atomic E-state index is 0.0660. The third-order valence-corrected chi connectivity index (χ3v) is 6.46. The Bertz CT molecular complexity index is 1130. The lowest BCUT2D eigenvalue weighted by Crippen LogP contribution is -2.37. The fourth-order valence-corrected chi connectivity index (χ4v) is 4.33. The summed E-state index contributed by atoms with van der Waals surface area (Å²) in [6.45, 7) is 7.23. The topological polar surface area (TPSA) is 81.9 Å². The molecule has 0 spiro atoms. The van der Waals surface area contributed by atoms with Gasteiger partial charge in [0.15, 0.2) is 11.5 Å². The second kappa shape index (κ2) is 8.14. The van der Waals surface area contributed by atoms with Gasteiger partial charge in [0, 0.05) is 24.5 Å². The Labute approximate surface area is 179 Å². The summed E-state index contributed by atoms with van der Waals surface area (Å²) >= 11 is 1.34. The van der Waals surface area contributed by atoms with Crippen molar-refractivity contribution in [1.82, 2.24) is 24.5 Å². The second-order valence-corrected chi connectivity index (χ2v) is 8.29. The maximum absolute atomic E-state index is 12.8. The van der Waals surface area contributed by atoms with Crippen LogP contribution in [0, 0.1) is 20.8 Å². The van der Waals surface area contributed by atoms with E-state index in [-0.39, 0.29) is 11.7 Å². The van der Waals surface area contributed by atoms with Crippen LogP contribution in [0.25, 0.3) is 5.78 Å². The van der Waals surface area contributed by atoms with Crippen molar-refractivity contribution in [1.29, 1.82) is 0 Å². The number of ether oxygens (including phenoxy) is 2. The number of methoxy groups -OCH3 is 2. The molecule has 1 amide bonds. The summed E-state index contributed by atoms with van der Waals surface area (Å²) in [5.41, 5.74) is 5.34. The van der Waals surface area contributed by atoms with E-state index < -0.39 is 0 Å². The first-order valence-electron chi connectivity index (χ1n) is 9.76. The van der Waals surface area contributed by atoms with Gasteiger partial charge in [-0.2, -0.15) is 4.98 Å². The van der Waals surface area contributed by atoms with Crippen LogP contribution in [-0.4, -0.2) is 56.9 Å². The van der Waals surface area contributed by atoms with Crippen LogP contribution in [0.5, 0.6) is 11.5 Å². The zero-order chi connectivity index (χ0) is 21.4. The predicted octanol–water partition coefficient (Wildman–Crippen LogP) is 2.74. The minimum atomic E-state index is 0.0660. The predicted molar refractivity (Wildman–Crippen MR) is 114 cm³/mol. The third-order valence-electron chi connectivity index (χ3n) is 5.64. The van der Waals surface area contributed by atoms with Crippen LogP contribution in [0.15, 0.2) is 17.3 Å². The number of hydrogen-bond acceptors (Lipinski definition) is 7. The van der Waals surface area contributed by atoms with E-state index in [0.717, 1.165) is 34.7 Å². The third kappa shape index (κ3) is 3.69. The Hall–Kier alpha value is -2.81. The second-order valence-electron chi connectivity index (χ2n) is 7.34. The van der Waals surface area contributed by atoms with Crippen molar-refractivity contribution in [2.45, 2.75) is 38.9 Å². The number of carbonyl (C=O) groups excluding carboxylic acids is 1. The summed E-state index contributed by atoms with van der Waals surface area (Å²) in [5.74, 6) is 2.33. The molecule has 0 N–H and O–H groups in total. The average Bonchev–Trinajstić information content (AvgIpc) is 3.17. The monoisotopic (exact) mass is 427 g/mol. The number of benzene rings is 1. The van der Waals surface area contributed by atoms with Crippen molar-refractivity contribution >= 4 is 23.4 Å². The Morgan fingerprint density at radius 2 is 1.80 bits per heavy atom. The Balaban J connectivity index is 1.45. The maximum Gasteiger partial charge on any atom is 0.253 e. The highest BCUT2D eigenvalue weighted by Crippen LogP contribution is 2.33. The van der Waals surface area contributed by atoms with Gasteiger partial charge in [-0.05, 0) is 56.0 Å². The Morgan fingerprint density at radius 3 is 2.50 bits per heavy atom. The van der Waals surface area contributed by atoms with Gasteiger partial charge < -0.3 is 14.4 Å². The van der Waals surface area contributed by atoms with Gasteiger partial charge in [-0.25, -0.2) is 9.50 Å². The zero-order valence-electron chi connectivity index (χ0n) is 17.9. The van der Waals surface area contributed by atoms with Crippen LogP contribution in [0.2, 0.25) is 0 Å². The molecule has 0 aliphatic carbocycles. The molecule has 1 aliphatic heterocycles. The summed E-state index contributed by atoms with van der Waals surface area (Å²) in [4.78, 5) is 23.7. The first-order chi connectivity index (χ1) is 14.4. The quantitative estimate of drug-likeness (QED) is 0.579. The first-order valence-corrected chi connectivity index (χ1v) is 10.7. The normalized spacial score (nSPS) is 13.4. The van der Waals surface area contributed by atoms with Crippen LogP contribution in [-0.2, 0) is 17.8 Å². The molecule has 0 radical (unpaired) electrons. The maximum atomic E-state index is 12.8. The van der Waals surface area contributed by atoms with E-state index in [2.05, 4.69) is 15.1 Å².